The molecule has 3 aromatic carbocycles. The number of carbonyl (C=O) groups is 1. The lowest BCUT2D eigenvalue weighted by atomic mass is 10.1. The lowest BCUT2D eigenvalue weighted by molar-refractivity contribution is -0.118. The summed E-state index contributed by atoms with van der Waals surface area (Å²) in [5.74, 6) is 1.31. The summed E-state index contributed by atoms with van der Waals surface area (Å²) in [5, 5.41) is 23.7. The average molecular weight is 514 g/mol. The van der Waals surface area contributed by atoms with E-state index in [1.165, 1.54) is 18.0 Å². The molecule has 0 spiro atoms. The van der Waals surface area contributed by atoms with E-state index in [-0.39, 0.29) is 17.4 Å². The molecule has 0 bridgehead atoms. The number of rotatable bonds is 11. The van der Waals surface area contributed by atoms with E-state index in [4.69, 9.17) is 4.74 Å². The molecule has 0 aliphatic heterocycles. The Kier molecular flexibility index (Phi) is 8.72. The number of phenols is 1. The van der Waals surface area contributed by atoms with Crippen LogP contribution in [0.3, 0.4) is 0 Å². The van der Waals surface area contributed by atoms with E-state index in [1.54, 1.807) is 12.1 Å². The zero-order valence-electron chi connectivity index (χ0n) is 20.4. The molecule has 0 radical (unpaired) electrons. The molecule has 0 saturated heterocycles. The number of amides is 1. The first-order valence-electron chi connectivity index (χ1n) is 11.7. The maximum Gasteiger partial charge on any atom is 0.250 e. The molecule has 2 N–H and O–H groups in total. The van der Waals surface area contributed by atoms with Crippen LogP contribution in [0.1, 0.15) is 18.1 Å². The van der Waals surface area contributed by atoms with E-state index in [2.05, 4.69) is 27.3 Å². The Bertz CT molecular complexity index is 1380. The molecule has 0 aliphatic carbocycles. The third kappa shape index (κ3) is 6.45. The van der Waals surface area contributed by atoms with Gasteiger partial charge >= 0.3 is 0 Å². The first kappa shape index (κ1) is 25.7. The minimum Gasteiger partial charge on any atom is -0.507 e. The van der Waals surface area contributed by atoms with Crippen molar-refractivity contribution in [3.05, 3.63) is 96.6 Å². The van der Waals surface area contributed by atoms with Crippen LogP contribution >= 0.6 is 11.8 Å². The maximum absolute atomic E-state index is 12.5. The number of hydrogen-bond donors (Lipinski definition) is 2. The van der Waals surface area contributed by atoms with Crippen LogP contribution in [0.5, 0.6) is 11.5 Å². The van der Waals surface area contributed by atoms with E-state index in [9.17, 15) is 9.90 Å². The number of hydrogen-bond acceptors (Lipinski definition) is 7. The monoisotopic (exact) mass is 513 g/mol. The Hall–Kier alpha value is -4.37. The fourth-order valence-electron chi connectivity index (χ4n) is 3.60. The largest absolute Gasteiger partial charge is 0.507 e. The van der Waals surface area contributed by atoms with Crippen LogP contribution in [0.15, 0.2) is 95.7 Å². The Labute approximate surface area is 219 Å². The second kappa shape index (κ2) is 12.5. The number of aromatic hydroxyl groups is 1. The summed E-state index contributed by atoms with van der Waals surface area (Å²) in [6.07, 6.45) is 3.67. The quantitative estimate of drug-likeness (QED) is 0.127. The Morgan fingerprint density at radius 1 is 1.11 bits per heavy atom. The Morgan fingerprint density at radius 2 is 1.89 bits per heavy atom. The lowest BCUT2D eigenvalue weighted by Crippen LogP contribution is -2.20. The molecule has 0 unspecified atom stereocenters. The van der Waals surface area contributed by atoms with E-state index >= 15 is 0 Å². The molecular weight excluding hydrogens is 486 g/mol. The molecule has 0 saturated carbocycles. The highest BCUT2D eigenvalue weighted by atomic mass is 32.2. The molecule has 0 atom stereocenters. The van der Waals surface area contributed by atoms with Gasteiger partial charge in [0.05, 0.1) is 18.6 Å². The average Bonchev–Trinajstić information content (AvgIpc) is 3.35. The van der Waals surface area contributed by atoms with Crippen molar-refractivity contribution < 1.29 is 14.6 Å². The second-order valence-electron chi connectivity index (χ2n) is 7.86. The minimum absolute atomic E-state index is 0.0732. The molecule has 9 heteroatoms. The topological polar surface area (TPSA) is 102 Å². The zero-order valence-corrected chi connectivity index (χ0v) is 21.2. The van der Waals surface area contributed by atoms with Gasteiger partial charge in [-0.3, -0.25) is 9.36 Å². The van der Waals surface area contributed by atoms with Crippen molar-refractivity contribution in [2.24, 2.45) is 5.10 Å². The number of carbonyl (C=O) groups excluding carboxylic acids is 1. The van der Waals surface area contributed by atoms with Crippen molar-refractivity contribution in [2.75, 3.05) is 12.4 Å². The summed E-state index contributed by atoms with van der Waals surface area (Å²) in [6.45, 7) is 6.21. The van der Waals surface area contributed by atoms with Crippen LogP contribution in [0.2, 0.25) is 0 Å². The summed E-state index contributed by atoms with van der Waals surface area (Å²) in [4.78, 5) is 12.5. The molecule has 1 heterocycles. The fraction of sp³-hybridized carbons (Fsp3) is 0.143. The minimum atomic E-state index is -0.314. The number of hydrazone groups is 1. The van der Waals surface area contributed by atoms with E-state index in [1.807, 2.05) is 78.2 Å². The van der Waals surface area contributed by atoms with Gasteiger partial charge in [0.15, 0.2) is 11.0 Å². The standard InChI is InChI=1S/C28H27N5O3S/c1-3-9-20-12-8-13-22(26(20)35)18-29-30-25(34)19-37-28-32-31-27(21-10-6-5-7-11-21)33(28)23-14-16-24(17-15-23)36-4-2/h3,5-8,10-18,35H,1,4,9,19H2,2H3,(H,30,34). The predicted molar refractivity (Wildman–Crippen MR) is 146 cm³/mol. The van der Waals surface area contributed by atoms with Crippen LogP contribution in [0.4, 0.5) is 0 Å². The third-order valence-corrected chi connectivity index (χ3v) is 6.24. The number of allylic oxidation sites excluding steroid dienone is 1. The number of nitrogens with one attached hydrogen (secondary N) is 1. The van der Waals surface area contributed by atoms with Crippen LogP contribution in [-0.2, 0) is 11.2 Å². The Balaban J connectivity index is 1.49. The van der Waals surface area contributed by atoms with Gasteiger partial charge in [-0.2, -0.15) is 5.10 Å². The van der Waals surface area contributed by atoms with E-state index in [0.717, 1.165) is 22.6 Å². The van der Waals surface area contributed by atoms with Gasteiger partial charge in [-0.15, -0.1) is 16.8 Å². The number of ether oxygens (including phenoxy) is 1. The van der Waals surface area contributed by atoms with Crippen molar-refractivity contribution >= 4 is 23.9 Å². The molecule has 0 aliphatic rings. The molecule has 1 aromatic heterocycles. The van der Waals surface area contributed by atoms with Gasteiger partial charge in [0.2, 0.25) is 0 Å². The second-order valence-corrected chi connectivity index (χ2v) is 8.81. The van der Waals surface area contributed by atoms with Crippen LogP contribution in [0.25, 0.3) is 17.1 Å². The van der Waals surface area contributed by atoms with Crippen molar-refractivity contribution in [3.8, 4) is 28.6 Å². The number of benzene rings is 3. The predicted octanol–water partition coefficient (Wildman–Crippen LogP) is 5.01. The van der Waals surface area contributed by atoms with Crippen molar-refractivity contribution in [1.82, 2.24) is 20.2 Å². The van der Waals surface area contributed by atoms with Gasteiger partial charge < -0.3 is 9.84 Å². The van der Waals surface area contributed by atoms with Crippen LogP contribution in [0, 0.1) is 0 Å². The number of nitrogens with zero attached hydrogens (tertiary/aromatic N) is 4. The van der Waals surface area contributed by atoms with Crippen molar-refractivity contribution in [2.45, 2.75) is 18.5 Å². The molecule has 4 rings (SSSR count). The lowest BCUT2D eigenvalue weighted by Gasteiger charge is -2.11. The molecule has 0 fully saturated rings. The number of para-hydroxylation sites is 1. The SMILES string of the molecule is C=CCc1cccc(C=NNC(=O)CSc2nnc(-c3ccccc3)n2-c2ccc(OCC)cc2)c1O. The molecule has 1 amide bonds. The van der Waals surface area contributed by atoms with Gasteiger partial charge in [-0.25, -0.2) is 5.43 Å². The molecule has 8 nitrogen and oxygen atoms in total. The summed E-state index contributed by atoms with van der Waals surface area (Å²) in [7, 11) is 0. The van der Waals surface area contributed by atoms with Crippen LogP contribution in [-0.4, -0.2) is 44.4 Å². The van der Waals surface area contributed by atoms with Crippen molar-refractivity contribution in [3.63, 3.8) is 0 Å². The highest BCUT2D eigenvalue weighted by molar-refractivity contribution is 7.99. The van der Waals surface area contributed by atoms with Gasteiger partial charge in [0, 0.05) is 16.8 Å². The highest BCUT2D eigenvalue weighted by Gasteiger charge is 2.17. The maximum atomic E-state index is 12.5. The first-order valence-corrected chi connectivity index (χ1v) is 12.7. The Morgan fingerprint density at radius 3 is 2.62 bits per heavy atom. The normalized spacial score (nSPS) is 10.9. The summed E-state index contributed by atoms with van der Waals surface area (Å²) < 4.78 is 7.48. The van der Waals surface area contributed by atoms with Crippen molar-refractivity contribution in [1.29, 1.82) is 0 Å². The summed E-state index contributed by atoms with van der Waals surface area (Å²) in [5.41, 5.74) is 5.51. The number of thioether (sulfide) groups is 1. The number of aromatic nitrogens is 3. The molecule has 188 valence electrons. The molecular formula is C28H27N5O3S. The van der Waals surface area contributed by atoms with Gasteiger partial charge in [-0.1, -0.05) is 60.3 Å². The van der Waals surface area contributed by atoms with Gasteiger partial charge in [0.25, 0.3) is 5.91 Å². The van der Waals surface area contributed by atoms with Crippen LogP contribution < -0.4 is 10.2 Å². The van der Waals surface area contributed by atoms with E-state index in [0.29, 0.717) is 29.6 Å². The number of phenolic OH excluding ortho intramolecular Hbond substituents is 1. The smallest absolute Gasteiger partial charge is 0.250 e. The molecule has 4 aromatic rings. The van der Waals surface area contributed by atoms with Gasteiger partial charge in [0.1, 0.15) is 11.5 Å². The first-order chi connectivity index (χ1) is 18.1. The van der Waals surface area contributed by atoms with Gasteiger partial charge in [-0.05, 0) is 49.2 Å². The summed E-state index contributed by atoms with van der Waals surface area (Å²) >= 11 is 1.25. The molecule has 37 heavy (non-hydrogen) atoms. The summed E-state index contributed by atoms with van der Waals surface area (Å²) in [6, 6.07) is 22.7. The highest BCUT2D eigenvalue weighted by Crippen LogP contribution is 2.29. The zero-order chi connectivity index (χ0) is 26.0. The van der Waals surface area contributed by atoms with E-state index < -0.39 is 0 Å². The third-order valence-electron chi connectivity index (χ3n) is 5.31. The fourth-order valence-corrected chi connectivity index (χ4v) is 4.34.